The molecular weight excluding hydrogens is 498 g/mol. The van der Waals surface area contributed by atoms with Gasteiger partial charge in [-0.25, -0.2) is 8.42 Å². The molecule has 0 aliphatic rings. The molecule has 3 rings (SSSR count). The van der Waals surface area contributed by atoms with Crippen LogP contribution in [0.5, 0.6) is 0 Å². The molecule has 0 aromatic heterocycles. The van der Waals surface area contributed by atoms with Crippen molar-refractivity contribution in [2.75, 3.05) is 20.1 Å². The predicted molar refractivity (Wildman–Crippen MR) is 150 cm³/mol. The standard InChI is InChI=1S/C30H37N3O4S/c1-23(2)20-31-30(35)28(19-25-11-7-5-8-12-25)33(21-26-13-9-6-10-14-26)29(34)22-32(4)38(36,37)27-17-15-24(3)16-18-27/h5-18,23,28H,19-22H2,1-4H3,(H,31,35)/t28-/m0/s1. The van der Waals surface area contributed by atoms with Crippen molar-refractivity contribution in [2.24, 2.45) is 5.92 Å². The number of nitrogens with zero attached hydrogens (tertiary/aromatic N) is 2. The molecule has 3 aromatic carbocycles. The molecule has 0 aliphatic carbocycles. The van der Waals surface area contributed by atoms with Crippen LogP contribution in [-0.2, 0) is 32.6 Å². The number of hydrogen-bond acceptors (Lipinski definition) is 4. The third kappa shape index (κ3) is 8.00. The Bertz CT molecular complexity index is 1290. The summed E-state index contributed by atoms with van der Waals surface area (Å²) in [4.78, 5) is 28.9. The fourth-order valence-corrected chi connectivity index (χ4v) is 5.13. The molecule has 0 saturated heterocycles. The molecule has 202 valence electrons. The van der Waals surface area contributed by atoms with Crippen LogP contribution in [0.3, 0.4) is 0 Å². The third-order valence-corrected chi connectivity index (χ3v) is 8.06. The van der Waals surface area contributed by atoms with Gasteiger partial charge in [0.25, 0.3) is 0 Å². The summed E-state index contributed by atoms with van der Waals surface area (Å²) in [5.41, 5.74) is 2.69. The van der Waals surface area contributed by atoms with E-state index in [-0.39, 0.29) is 23.3 Å². The third-order valence-electron chi connectivity index (χ3n) is 6.24. The highest BCUT2D eigenvalue weighted by Gasteiger charge is 2.33. The summed E-state index contributed by atoms with van der Waals surface area (Å²) in [7, 11) is -2.51. The molecule has 1 N–H and O–H groups in total. The zero-order chi connectivity index (χ0) is 27.7. The fourth-order valence-electron chi connectivity index (χ4n) is 4.01. The van der Waals surface area contributed by atoms with Crippen molar-refractivity contribution in [3.05, 3.63) is 102 Å². The maximum Gasteiger partial charge on any atom is 0.243 e. The zero-order valence-electron chi connectivity index (χ0n) is 22.5. The minimum Gasteiger partial charge on any atom is -0.354 e. The van der Waals surface area contributed by atoms with Crippen LogP contribution in [0.4, 0.5) is 0 Å². The maximum absolute atomic E-state index is 13.8. The van der Waals surface area contributed by atoms with Crippen molar-refractivity contribution >= 4 is 21.8 Å². The molecule has 2 amide bonds. The molecule has 0 radical (unpaired) electrons. The lowest BCUT2D eigenvalue weighted by Gasteiger charge is -2.33. The first-order valence-electron chi connectivity index (χ1n) is 12.8. The lowest BCUT2D eigenvalue weighted by atomic mass is 10.0. The summed E-state index contributed by atoms with van der Waals surface area (Å²) >= 11 is 0. The van der Waals surface area contributed by atoms with Crippen LogP contribution in [0.25, 0.3) is 0 Å². The van der Waals surface area contributed by atoms with Crippen LogP contribution >= 0.6 is 0 Å². The van der Waals surface area contributed by atoms with Gasteiger partial charge in [0.2, 0.25) is 21.8 Å². The summed E-state index contributed by atoms with van der Waals surface area (Å²) in [6.45, 7) is 6.13. The average Bonchev–Trinajstić information content (AvgIpc) is 2.90. The summed E-state index contributed by atoms with van der Waals surface area (Å²) in [5.74, 6) is -0.482. The zero-order valence-corrected chi connectivity index (χ0v) is 23.3. The second kappa shape index (κ2) is 13.3. The summed E-state index contributed by atoms with van der Waals surface area (Å²) in [5, 5.41) is 2.97. The van der Waals surface area contributed by atoms with Gasteiger partial charge in [-0.3, -0.25) is 9.59 Å². The van der Waals surface area contributed by atoms with E-state index in [4.69, 9.17) is 0 Å². The summed E-state index contributed by atoms with van der Waals surface area (Å²) < 4.78 is 27.5. The van der Waals surface area contributed by atoms with Crippen molar-refractivity contribution in [1.29, 1.82) is 0 Å². The first-order valence-corrected chi connectivity index (χ1v) is 14.2. The van der Waals surface area contributed by atoms with Gasteiger partial charge in [-0.15, -0.1) is 0 Å². The number of likely N-dealkylation sites (N-methyl/N-ethyl adjacent to an activating group) is 1. The van der Waals surface area contributed by atoms with Crippen molar-refractivity contribution in [3.8, 4) is 0 Å². The second-order valence-electron chi connectivity index (χ2n) is 9.93. The molecule has 7 nitrogen and oxygen atoms in total. The smallest absolute Gasteiger partial charge is 0.243 e. The van der Waals surface area contributed by atoms with Gasteiger partial charge in [-0.05, 0) is 36.1 Å². The molecule has 1 atom stereocenters. The van der Waals surface area contributed by atoms with Crippen LogP contribution < -0.4 is 5.32 Å². The molecule has 8 heteroatoms. The molecule has 0 heterocycles. The van der Waals surface area contributed by atoms with Crippen LogP contribution in [0.1, 0.15) is 30.5 Å². The minimum absolute atomic E-state index is 0.114. The van der Waals surface area contributed by atoms with Gasteiger partial charge in [0.15, 0.2) is 0 Å². The summed E-state index contributed by atoms with van der Waals surface area (Å²) in [6, 6.07) is 24.6. The molecule has 0 bridgehead atoms. The number of aryl methyl sites for hydroxylation is 1. The lowest BCUT2D eigenvalue weighted by molar-refractivity contribution is -0.141. The Hall–Kier alpha value is -3.49. The topological polar surface area (TPSA) is 86.8 Å². The van der Waals surface area contributed by atoms with Crippen LogP contribution in [0, 0.1) is 12.8 Å². The Labute approximate surface area is 226 Å². The SMILES string of the molecule is Cc1ccc(S(=O)(=O)N(C)CC(=O)N(Cc2ccccc2)[C@@H](Cc2ccccc2)C(=O)NCC(C)C)cc1. The Kier molecular flexibility index (Phi) is 10.2. The summed E-state index contributed by atoms with van der Waals surface area (Å²) in [6.07, 6.45) is 0.303. The molecule has 0 spiro atoms. The molecule has 0 aliphatic heterocycles. The highest BCUT2D eigenvalue weighted by Crippen LogP contribution is 2.18. The van der Waals surface area contributed by atoms with E-state index >= 15 is 0 Å². The number of nitrogens with one attached hydrogen (secondary N) is 1. The lowest BCUT2D eigenvalue weighted by Crippen LogP contribution is -2.53. The second-order valence-corrected chi connectivity index (χ2v) is 12.0. The quantitative estimate of drug-likeness (QED) is 0.379. The Balaban J connectivity index is 1.94. The van der Waals surface area contributed by atoms with E-state index in [2.05, 4.69) is 5.32 Å². The first kappa shape index (κ1) is 29.1. The van der Waals surface area contributed by atoms with E-state index in [1.807, 2.05) is 81.4 Å². The predicted octanol–water partition coefficient (Wildman–Crippen LogP) is 4.03. The normalized spacial score (nSPS) is 12.4. The fraction of sp³-hybridized carbons (Fsp3) is 0.333. The van der Waals surface area contributed by atoms with E-state index in [0.717, 1.165) is 21.0 Å². The van der Waals surface area contributed by atoms with Crippen LogP contribution in [0.15, 0.2) is 89.8 Å². The largest absolute Gasteiger partial charge is 0.354 e. The Morgan fingerprint density at radius 2 is 1.39 bits per heavy atom. The van der Waals surface area contributed by atoms with Crippen molar-refractivity contribution < 1.29 is 18.0 Å². The Morgan fingerprint density at radius 3 is 1.95 bits per heavy atom. The molecule has 0 unspecified atom stereocenters. The van der Waals surface area contributed by atoms with Crippen LogP contribution in [0.2, 0.25) is 0 Å². The van der Waals surface area contributed by atoms with Gasteiger partial charge in [-0.2, -0.15) is 4.31 Å². The Morgan fingerprint density at radius 1 is 0.842 bits per heavy atom. The van der Waals surface area contributed by atoms with Crippen molar-refractivity contribution in [3.63, 3.8) is 0 Å². The monoisotopic (exact) mass is 535 g/mol. The molecule has 0 fully saturated rings. The number of amides is 2. The number of sulfonamides is 1. The van der Waals surface area contributed by atoms with Gasteiger partial charge < -0.3 is 10.2 Å². The van der Waals surface area contributed by atoms with Crippen molar-refractivity contribution in [1.82, 2.24) is 14.5 Å². The van der Waals surface area contributed by atoms with Gasteiger partial charge in [0.1, 0.15) is 6.04 Å². The number of hydrogen-bond donors (Lipinski definition) is 1. The number of benzene rings is 3. The van der Waals surface area contributed by atoms with E-state index < -0.39 is 28.5 Å². The minimum atomic E-state index is -3.90. The molecular formula is C30H37N3O4S. The highest BCUT2D eigenvalue weighted by atomic mass is 32.2. The van der Waals surface area contributed by atoms with Crippen molar-refractivity contribution in [2.45, 2.75) is 44.7 Å². The molecule has 38 heavy (non-hydrogen) atoms. The number of carbonyl (C=O) groups excluding carboxylic acids is 2. The van der Waals surface area contributed by atoms with E-state index in [1.165, 1.54) is 24.1 Å². The van der Waals surface area contributed by atoms with Gasteiger partial charge >= 0.3 is 0 Å². The van der Waals surface area contributed by atoms with E-state index in [1.54, 1.807) is 12.1 Å². The highest BCUT2D eigenvalue weighted by molar-refractivity contribution is 7.89. The van der Waals surface area contributed by atoms with Gasteiger partial charge in [0, 0.05) is 26.6 Å². The average molecular weight is 536 g/mol. The number of carbonyl (C=O) groups is 2. The maximum atomic E-state index is 13.8. The van der Waals surface area contributed by atoms with Gasteiger partial charge in [0.05, 0.1) is 11.4 Å². The van der Waals surface area contributed by atoms with Crippen LogP contribution in [-0.4, -0.2) is 55.6 Å². The number of rotatable bonds is 12. The van der Waals surface area contributed by atoms with E-state index in [9.17, 15) is 18.0 Å². The first-order chi connectivity index (χ1) is 18.1. The molecule has 3 aromatic rings. The van der Waals surface area contributed by atoms with Gasteiger partial charge in [-0.1, -0.05) is 92.2 Å². The van der Waals surface area contributed by atoms with E-state index in [0.29, 0.717) is 13.0 Å². The molecule has 0 saturated carbocycles.